The first-order valence-corrected chi connectivity index (χ1v) is 9.84. The van der Waals surface area contributed by atoms with Gasteiger partial charge in [0.2, 0.25) is 0 Å². The summed E-state index contributed by atoms with van der Waals surface area (Å²) in [5, 5.41) is 5.21. The van der Waals surface area contributed by atoms with Gasteiger partial charge < -0.3 is 15.0 Å². The molecule has 1 aliphatic rings. The molecule has 3 heterocycles. The van der Waals surface area contributed by atoms with E-state index in [2.05, 4.69) is 20.2 Å². The van der Waals surface area contributed by atoms with Crippen molar-refractivity contribution in [1.82, 2.24) is 15.3 Å². The molecule has 144 valence electrons. The van der Waals surface area contributed by atoms with Gasteiger partial charge >= 0.3 is 0 Å². The van der Waals surface area contributed by atoms with Gasteiger partial charge in [-0.25, -0.2) is 14.4 Å². The van der Waals surface area contributed by atoms with E-state index < -0.39 is 0 Å². The van der Waals surface area contributed by atoms with Crippen LogP contribution in [0.5, 0.6) is 0 Å². The van der Waals surface area contributed by atoms with Gasteiger partial charge in [-0.15, -0.1) is 11.3 Å². The van der Waals surface area contributed by atoms with Crippen LogP contribution in [0, 0.1) is 5.82 Å². The predicted molar refractivity (Wildman–Crippen MR) is 106 cm³/mol. The van der Waals surface area contributed by atoms with Crippen molar-refractivity contribution in [2.45, 2.75) is 6.54 Å². The molecule has 8 heteroatoms. The molecule has 1 saturated heterocycles. The van der Waals surface area contributed by atoms with Crippen LogP contribution in [0.15, 0.2) is 48.0 Å². The average molecular weight is 398 g/mol. The zero-order chi connectivity index (χ0) is 19.3. The summed E-state index contributed by atoms with van der Waals surface area (Å²) in [5.74, 6) is 0.303. The van der Waals surface area contributed by atoms with Crippen molar-refractivity contribution in [1.29, 1.82) is 0 Å². The molecule has 0 unspecified atom stereocenters. The van der Waals surface area contributed by atoms with Gasteiger partial charge in [0.25, 0.3) is 5.91 Å². The number of morpholine rings is 1. The number of thiazole rings is 1. The minimum atomic E-state index is -0.323. The first-order valence-electron chi connectivity index (χ1n) is 8.96. The number of carbonyl (C=O) groups excluding carboxylic acids is 1. The van der Waals surface area contributed by atoms with E-state index in [1.165, 1.54) is 23.5 Å². The van der Waals surface area contributed by atoms with Crippen LogP contribution in [0.1, 0.15) is 16.1 Å². The number of hydrogen-bond donors (Lipinski definition) is 1. The number of nitrogens with one attached hydrogen (secondary N) is 1. The fraction of sp³-hybridized carbons (Fsp3) is 0.250. The van der Waals surface area contributed by atoms with Gasteiger partial charge in [-0.1, -0.05) is 12.1 Å². The number of ether oxygens (including phenoxy) is 1. The fourth-order valence-corrected chi connectivity index (χ4v) is 3.71. The van der Waals surface area contributed by atoms with Gasteiger partial charge in [0.15, 0.2) is 0 Å². The Kier molecular flexibility index (Phi) is 5.59. The number of hydrogen-bond acceptors (Lipinski definition) is 6. The van der Waals surface area contributed by atoms with E-state index in [0.29, 0.717) is 24.5 Å². The third-order valence-electron chi connectivity index (χ3n) is 4.41. The van der Waals surface area contributed by atoms with Crippen molar-refractivity contribution >= 4 is 23.1 Å². The molecular formula is C20H19FN4O2S. The molecule has 6 nitrogen and oxygen atoms in total. The highest BCUT2D eigenvalue weighted by Gasteiger charge is 2.14. The molecule has 3 aromatic rings. The highest BCUT2D eigenvalue weighted by atomic mass is 32.1. The minimum Gasteiger partial charge on any atom is -0.378 e. The summed E-state index contributed by atoms with van der Waals surface area (Å²) < 4.78 is 18.6. The van der Waals surface area contributed by atoms with Gasteiger partial charge in [-0.05, 0) is 29.8 Å². The molecule has 0 radical (unpaired) electrons. The van der Waals surface area contributed by atoms with E-state index in [4.69, 9.17) is 4.74 Å². The average Bonchev–Trinajstić information content (AvgIpc) is 3.23. The van der Waals surface area contributed by atoms with E-state index in [0.717, 1.165) is 29.5 Å². The Labute approximate surface area is 166 Å². The number of benzene rings is 1. The SMILES string of the molecule is O=C(NCc1cccc(F)c1)c1csc(-c2ccc(N3CCOCC3)nc2)n1. The van der Waals surface area contributed by atoms with Crippen molar-refractivity contribution in [3.8, 4) is 10.6 Å². The summed E-state index contributed by atoms with van der Waals surface area (Å²) in [4.78, 5) is 23.4. The molecule has 1 amide bonds. The number of aromatic nitrogens is 2. The van der Waals surface area contributed by atoms with E-state index in [1.54, 1.807) is 23.7 Å². The lowest BCUT2D eigenvalue weighted by molar-refractivity contribution is 0.0946. The number of amides is 1. The third kappa shape index (κ3) is 4.35. The molecule has 4 rings (SSSR count). The normalized spacial score (nSPS) is 14.1. The lowest BCUT2D eigenvalue weighted by Crippen LogP contribution is -2.36. The van der Waals surface area contributed by atoms with Crippen LogP contribution in [-0.4, -0.2) is 42.2 Å². The fourth-order valence-electron chi connectivity index (χ4n) is 2.92. The molecule has 1 aromatic carbocycles. The Balaban J connectivity index is 1.40. The highest BCUT2D eigenvalue weighted by Crippen LogP contribution is 2.25. The van der Waals surface area contributed by atoms with Crippen LogP contribution in [0.3, 0.4) is 0 Å². The molecular weight excluding hydrogens is 379 g/mol. The summed E-state index contributed by atoms with van der Waals surface area (Å²) in [6, 6.07) is 10.1. The zero-order valence-corrected chi connectivity index (χ0v) is 15.9. The largest absolute Gasteiger partial charge is 0.378 e. The second-order valence-corrected chi connectivity index (χ2v) is 7.21. The van der Waals surface area contributed by atoms with E-state index in [-0.39, 0.29) is 18.3 Å². The number of pyridine rings is 1. The summed E-state index contributed by atoms with van der Waals surface area (Å²) in [5.41, 5.74) is 1.91. The summed E-state index contributed by atoms with van der Waals surface area (Å²) >= 11 is 1.39. The smallest absolute Gasteiger partial charge is 0.271 e. The topological polar surface area (TPSA) is 67.4 Å². The quantitative estimate of drug-likeness (QED) is 0.715. The number of rotatable bonds is 5. The molecule has 1 N–H and O–H groups in total. The molecule has 0 atom stereocenters. The first-order chi connectivity index (χ1) is 13.7. The van der Waals surface area contributed by atoms with E-state index in [1.807, 2.05) is 12.1 Å². The van der Waals surface area contributed by atoms with E-state index >= 15 is 0 Å². The van der Waals surface area contributed by atoms with Gasteiger partial charge in [0.1, 0.15) is 22.3 Å². The van der Waals surface area contributed by atoms with Crippen LogP contribution in [0.25, 0.3) is 10.6 Å². The van der Waals surface area contributed by atoms with Crippen molar-refractivity contribution in [2.75, 3.05) is 31.2 Å². The standard InChI is InChI=1S/C20H19FN4O2S/c21-16-3-1-2-14(10-16)11-23-19(26)17-13-28-20(24-17)15-4-5-18(22-12-15)25-6-8-27-9-7-25/h1-5,10,12-13H,6-9,11H2,(H,23,26). The van der Waals surface area contributed by atoms with Gasteiger partial charge in [0.05, 0.1) is 13.2 Å². The van der Waals surface area contributed by atoms with Crippen LogP contribution in [0.2, 0.25) is 0 Å². The molecule has 0 saturated carbocycles. The molecule has 0 aliphatic carbocycles. The Morgan fingerprint density at radius 1 is 1.25 bits per heavy atom. The molecule has 0 bridgehead atoms. The Bertz CT molecular complexity index is 955. The second kappa shape index (κ2) is 8.45. The molecule has 1 aliphatic heterocycles. The van der Waals surface area contributed by atoms with Gasteiger partial charge in [-0.2, -0.15) is 0 Å². The molecule has 0 spiro atoms. The number of halogens is 1. The van der Waals surface area contributed by atoms with Crippen LogP contribution in [0.4, 0.5) is 10.2 Å². The van der Waals surface area contributed by atoms with Crippen LogP contribution < -0.4 is 10.2 Å². The maximum absolute atomic E-state index is 13.2. The van der Waals surface area contributed by atoms with E-state index in [9.17, 15) is 9.18 Å². The van der Waals surface area contributed by atoms with Crippen molar-refractivity contribution in [2.24, 2.45) is 0 Å². The van der Waals surface area contributed by atoms with Gasteiger partial charge in [0, 0.05) is 36.8 Å². The Morgan fingerprint density at radius 2 is 2.11 bits per heavy atom. The number of anilines is 1. The molecule has 2 aromatic heterocycles. The summed E-state index contributed by atoms with van der Waals surface area (Å²) in [7, 11) is 0. The zero-order valence-electron chi connectivity index (χ0n) is 15.1. The van der Waals surface area contributed by atoms with Gasteiger partial charge in [-0.3, -0.25) is 4.79 Å². The lowest BCUT2D eigenvalue weighted by Gasteiger charge is -2.27. The minimum absolute atomic E-state index is 0.249. The lowest BCUT2D eigenvalue weighted by atomic mass is 10.2. The predicted octanol–water partition coefficient (Wildman–Crippen LogP) is 3.11. The maximum atomic E-state index is 13.2. The first kappa shape index (κ1) is 18.5. The Morgan fingerprint density at radius 3 is 2.86 bits per heavy atom. The Hall–Kier alpha value is -2.84. The molecule has 1 fully saturated rings. The van der Waals surface area contributed by atoms with Crippen LogP contribution >= 0.6 is 11.3 Å². The highest BCUT2D eigenvalue weighted by molar-refractivity contribution is 7.13. The van der Waals surface area contributed by atoms with Crippen molar-refractivity contribution in [3.63, 3.8) is 0 Å². The number of carbonyl (C=O) groups is 1. The summed E-state index contributed by atoms with van der Waals surface area (Å²) in [6.45, 7) is 3.34. The van der Waals surface area contributed by atoms with Crippen molar-refractivity contribution < 1.29 is 13.9 Å². The molecule has 28 heavy (non-hydrogen) atoms. The van der Waals surface area contributed by atoms with Crippen molar-refractivity contribution in [3.05, 3.63) is 65.0 Å². The van der Waals surface area contributed by atoms with Crippen LogP contribution in [-0.2, 0) is 11.3 Å². The monoisotopic (exact) mass is 398 g/mol. The third-order valence-corrected chi connectivity index (χ3v) is 5.30. The maximum Gasteiger partial charge on any atom is 0.271 e. The summed E-state index contributed by atoms with van der Waals surface area (Å²) in [6.07, 6.45) is 1.78. The number of nitrogens with zero attached hydrogens (tertiary/aromatic N) is 3. The second-order valence-electron chi connectivity index (χ2n) is 6.35.